The monoisotopic (exact) mass is 481 g/mol. The summed E-state index contributed by atoms with van der Waals surface area (Å²) in [5.74, 6) is -3.59. The first-order valence-electron chi connectivity index (χ1n) is 10.8. The second-order valence-electron chi connectivity index (χ2n) is 8.86. The normalized spacial score (nSPS) is 21.9. The lowest BCUT2D eigenvalue weighted by Crippen LogP contribution is -2.43. The first-order valence-corrected chi connectivity index (χ1v) is 12.3. The number of amides is 1. The third-order valence-corrected chi connectivity index (χ3v) is 8.35. The van der Waals surface area contributed by atoms with E-state index in [-0.39, 0.29) is 47.7 Å². The summed E-state index contributed by atoms with van der Waals surface area (Å²) in [6, 6.07) is 6.84. The molecule has 0 saturated carbocycles. The molecule has 2 aromatic rings. The average Bonchev–Trinajstić information content (AvgIpc) is 3.33. The Bertz CT molecular complexity index is 1160. The Labute approximate surface area is 191 Å². The summed E-state index contributed by atoms with van der Waals surface area (Å²) in [6.07, 6.45) is 0.459. The summed E-state index contributed by atoms with van der Waals surface area (Å²) >= 11 is 0. The Balaban J connectivity index is 1.40. The van der Waals surface area contributed by atoms with Gasteiger partial charge in [0.25, 0.3) is 0 Å². The van der Waals surface area contributed by atoms with E-state index in [0.29, 0.717) is 25.6 Å². The number of benzene rings is 2. The van der Waals surface area contributed by atoms with Crippen molar-refractivity contribution in [2.45, 2.75) is 43.2 Å². The van der Waals surface area contributed by atoms with E-state index in [0.717, 1.165) is 11.6 Å². The van der Waals surface area contributed by atoms with Crippen LogP contribution in [-0.4, -0.2) is 55.2 Å². The molecule has 0 aromatic heterocycles. The molecule has 4 rings (SSSR count). The molecule has 0 unspecified atom stereocenters. The number of aryl methyl sites for hydroxylation is 1. The summed E-state index contributed by atoms with van der Waals surface area (Å²) in [5, 5.41) is 0. The van der Waals surface area contributed by atoms with Crippen molar-refractivity contribution in [1.82, 2.24) is 9.21 Å². The van der Waals surface area contributed by atoms with Crippen LogP contribution < -0.4 is 5.73 Å². The van der Waals surface area contributed by atoms with Gasteiger partial charge in [0.2, 0.25) is 15.9 Å². The molecule has 0 bridgehead atoms. The van der Waals surface area contributed by atoms with Crippen molar-refractivity contribution in [2.75, 3.05) is 19.6 Å². The minimum absolute atomic E-state index is 0.0361. The topological polar surface area (TPSA) is 83.7 Å². The molecule has 0 aliphatic carbocycles. The Hall–Kier alpha value is -2.43. The maximum absolute atomic E-state index is 13.9. The van der Waals surface area contributed by atoms with Crippen LogP contribution in [0.25, 0.3) is 0 Å². The first kappa shape index (κ1) is 23.7. The summed E-state index contributed by atoms with van der Waals surface area (Å²) in [6.45, 7) is 2.93. The van der Waals surface area contributed by atoms with Gasteiger partial charge in [0, 0.05) is 44.2 Å². The van der Waals surface area contributed by atoms with Crippen molar-refractivity contribution in [2.24, 2.45) is 11.7 Å². The fourth-order valence-corrected chi connectivity index (χ4v) is 6.22. The number of sulfonamides is 1. The molecule has 0 radical (unpaired) electrons. The Morgan fingerprint density at radius 1 is 1.09 bits per heavy atom. The zero-order valence-corrected chi connectivity index (χ0v) is 19.0. The zero-order valence-electron chi connectivity index (χ0n) is 18.2. The van der Waals surface area contributed by atoms with Crippen LogP contribution in [0.5, 0.6) is 0 Å². The lowest BCUT2D eigenvalue weighted by Gasteiger charge is -2.26. The van der Waals surface area contributed by atoms with E-state index in [1.807, 2.05) is 6.92 Å². The highest BCUT2D eigenvalue weighted by molar-refractivity contribution is 7.89. The van der Waals surface area contributed by atoms with E-state index in [2.05, 4.69) is 0 Å². The molecular formula is C23H26F3N3O3S. The van der Waals surface area contributed by atoms with E-state index in [1.54, 1.807) is 29.2 Å². The van der Waals surface area contributed by atoms with Gasteiger partial charge >= 0.3 is 0 Å². The molecule has 3 atom stereocenters. The molecule has 1 amide bonds. The van der Waals surface area contributed by atoms with Gasteiger partial charge in [0.15, 0.2) is 11.6 Å². The van der Waals surface area contributed by atoms with Crippen LogP contribution in [0.1, 0.15) is 24.0 Å². The summed E-state index contributed by atoms with van der Waals surface area (Å²) in [4.78, 5) is 14.8. The second kappa shape index (κ2) is 9.08. The molecule has 10 heteroatoms. The fraction of sp³-hybridized carbons (Fsp3) is 0.435. The van der Waals surface area contributed by atoms with E-state index in [9.17, 15) is 26.4 Å². The molecule has 2 aromatic carbocycles. The van der Waals surface area contributed by atoms with Crippen LogP contribution in [0.3, 0.4) is 0 Å². The third-order valence-electron chi connectivity index (χ3n) is 6.50. The van der Waals surface area contributed by atoms with Crippen LogP contribution in [0.15, 0.2) is 41.3 Å². The van der Waals surface area contributed by atoms with Crippen molar-refractivity contribution in [3.8, 4) is 0 Å². The highest BCUT2D eigenvalue weighted by Gasteiger charge is 2.46. The zero-order chi connectivity index (χ0) is 23.9. The van der Waals surface area contributed by atoms with Crippen molar-refractivity contribution in [1.29, 1.82) is 0 Å². The lowest BCUT2D eigenvalue weighted by molar-refractivity contribution is -0.132. The average molecular weight is 482 g/mol. The maximum atomic E-state index is 13.9. The minimum Gasteiger partial charge on any atom is -0.338 e. The van der Waals surface area contributed by atoms with E-state index in [4.69, 9.17) is 5.73 Å². The number of carbonyl (C=O) groups excluding carboxylic acids is 1. The quantitative estimate of drug-likeness (QED) is 0.643. The first-order chi connectivity index (χ1) is 15.6. The van der Waals surface area contributed by atoms with Gasteiger partial charge in [-0.3, -0.25) is 4.79 Å². The van der Waals surface area contributed by atoms with Gasteiger partial charge in [0.1, 0.15) is 5.82 Å². The highest BCUT2D eigenvalue weighted by atomic mass is 32.2. The largest absolute Gasteiger partial charge is 0.338 e. The fourth-order valence-electron chi connectivity index (χ4n) is 4.70. The van der Waals surface area contributed by atoms with E-state index >= 15 is 0 Å². The predicted octanol–water partition coefficient (Wildman–Crippen LogP) is 2.59. The van der Waals surface area contributed by atoms with Crippen LogP contribution >= 0.6 is 0 Å². The van der Waals surface area contributed by atoms with Crippen LogP contribution in [0.4, 0.5) is 13.2 Å². The molecule has 2 heterocycles. The van der Waals surface area contributed by atoms with Crippen LogP contribution in [0, 0.1) is 30.3 Å². The van der Waals surface area contributed by atoms with Crippen molar-refractivity contribution < 1.29 is 26.4 Å². The van der Waals surface area contributed by atoms with Gasteiger partial charge in [0.05, 0.1) is 4.90 Å². The Morgan fingerprint density at radius 2 is 1.76 bits per heavy atom. The van der Waals surface area contributed by atoms with Gasteiger partial charge in [-0.05, 0) is 49.4 Å². The SMILES string of the molecule is Cc1ccc(S(=O)(=O)N2C[C@@H]3CCN(C(=O)C[C@H](N)Cc4cc(F)c(F)cc4F)[C@@H]3C2)cc1. The molecular weight excluding hydrogens is 455 g/mol. The van der Waals surface area contributed by atoms with E-state index in [1.165, 1.54) is 4.31 Å². The summed E-state index contributed by atoms with van der Waals surface area (Å²) < 4.78 is 67.9. The Morgan fingerprint density at radius 3 is 2.45 bits per heavy atom. The molecule has 6 nitrogen and oxygen atoms in total. The maximum Gasteiger partial charge on any atom is 0.243 e. The minimum atomic E-state index is -3.66. The standard InChI is InChI=1S/C23H26F3N3O3S/c1-14-2-4-18(5-3-14)33(31,32)28-12-15-6-7-29(22(15)13-28)23(30)10-17(27)8-16-9-20(25)21(26)11-19(16)24/h2-5,9,11,15,17,22H,6-8,10,12-13,27H2,1H3/t15-,17+,22+/m0/s1. The van der Waals surface area contributed by atoms with Gasteiger partial charge in [-0.25, -0.2) is 21.6 Å². The molecule has 2 N–H and O–H groups in total. The number of nitrogens with zero attached hydrogens (tertiary/aromatic N) is 2. The number of likely N-dealkylation sites (tertiary alicyclic amines) is 1. The van der Waals surface area contributed by atoms with Crippen LogP contribution in [0.2, 0.25) is 0 Å². The molecule has 2 saturated heterocycles. The summed E-state index contributed by atoms with van der Waals surface area (Å²) in [7, 11) is -3.66. The predicted molar refractivity (Wildman–Crippen MR) is 116 cm³/mol. The van der Waals surface area contributed by atoms with Gasteiger partial charge < -0.3 is 10.6 Å². The molecule has 33 heavy (non-hydrogen) atoms. The smallest absolute Gasteiger partial charge is 0.243 e. The van der Waals surface area contributed by atoms with E-state index < -0.39 is 33.5 Å². The molecule has 2 aliphatic rings. The van der Waals surface area contributed by atoms with Crippen molar-refractivity contribution in [3.63, 3.8) is 0 Å². The molecule has 2 fully saturated rings. The number of nitrogens with two attached hydrogens (primary N) is 1. The van der Waals surface area contributed by atoms with Crippen LogP contribution in [-0.2, 0) is 21.2 Å². The number of rotatable bonds is 6. The number of carbonyl (C=O) groups is 1. The van der Waals surface area contributed by atoms with Gasteiger partial charge in [-0.2, -0.15) is 4.31 Å². The van der Waals surface area contributed by atoms with Crippen molar-refractivity contribution >= 4 is 15.9 Å². The van der Waals surface area contributed by atoms with Crippen molar-refractivity contribution in [3.05, 3.63) is 65.0 Å². The van der Waals surface area contributed by atoms with Gasteiger partial charge in [-0.1, -0.05) is 17.7 Å². The molecule has 2 aliphatic heterocycles. The molecule has 0 spiro atoms. The third kappa shape index (κ3) is 4.78. The number of fused-ring (bicyclic) bond motifs is 1. The lowest BCUT2D eigenvalue weighted by atomic mass is 10.0. The second-order valence-corrected chi connectivity index (χ2v) is 10.8. The highest BCUT2D eigenvalue weighted by Crippen LogP contribution is 2.35. The van der Waals surface area contributed by atoms with Gasteiger partial charge in [-0.15, -0.1) is 0 Å². The molecule has 178 valence electrons. The summed E-state index contributed by atoms with van der Waals surface area (Å²) in [5.41, 5.74) is 6.89. The number of halogens is 3. The number of hydrogen-bond acceptors (Lipinski definition) is 4. The number of hydrogen-bond donors (Lipinski definition) is 1. The Kier molecular flexibility index (Phi) is 6.52.